The van der Waals surface area contributed by atoms with E-state index in [0.29, 0.717) is 25.1 Å². The Hall–Kier alpha value is -3.15. The van der Waals surface area contributed by atoms with Crippen LogP contribution in [0.1, 0.15) is 69.6 Å². The quantitative estimate of drug-likeness (QED) is 0.490. The summed E-state index contributed by atoms with van der Waals surface area (Å²) in [6.45, 7) is 8.05. The third-order valence-corrected chi connectivity index (χ3v) is 6.40. The average Bonchev–Trinajstić information content (AvgIpc) is 2.82. The molecule has 35 heavy (non-hydrogen) atoms. The fourth-order valence-electron chi connectivity index (χ4n) is 4.36. The van der Waals surface area contributed by atoms with Crippen LogP contribution < -0.4 is 10.6 Å². The highest BCUT2D eigenvalue weighted by molar-refractivity contribution is 5.85. The van der Waals surface area contributed by atoms with Crippen LogP contribution in [0.3, 0.4) is 0 Å². The zero-order chi connectivity index (χ0) is 25.4. The van der Waals surface area contributed by atoms with Gasteiger partial charge in [-0.25, -0.2) is 4.79 Å². The minimum Gasteiger partial charge on any atom is -0.444 e. The molecular weight excluding hydrogens is 440 g/mol. The van der Waals surface area contributed by atoms with Gasteiger partial charge >= 0.3 is 6.09 Å². The summed E-state index contributed by atoms with van der Waals surface area (Å²) in [6, 6.07) is 15.7. The monoisotopic (exact) mass is 478 g/mol. The zero-order valence-electron chi connectivity index (χ0n) is 21.4. The maximum absolute atomic E-state index is 12.8. The Labute approximate surface area is 208 Å². The first-order chi connectivity index (χ1) is 16.6. The minimum atomic E-state index is -0.547. The van der Waals surface area contributed by atoms with Crippen LogP contribution in [0.2, 0.25) is 0 Å². The molecular formula is C29H38N2O4. The lowest BCUT2D eigenvalue weighted by atomic mass is 9.78. The molecule has 1 fully saturated rings. The summed E-state index contributed by atoms with van der Waals surface area (Å²) >= 11 is 0. The summed E-state index contributed by atoms with van der Waals surface area (Å²) in [7, 11) is 0. The summed E-state index contributed by atoms with van der Waals surface area (Å²) in [5, 5.41) is 5.76. The average molecular weight is 479 g/mol. The molecule has 0 unspecified atom stereocenters. The van der Waals surface area contributed by atoms with E-state index < -0.39 is 11.7 Å². The van der Waals surface area contributed by atoms with Crippen molar-refractivity contribution in [3.05, 3.63) is 65.2 Å². The number of amides is 2. The Morgan fingerprint density at radius 3 is 2.03 bits per heavy atom. The van der Waals surface area contributed by atoms with Crippen LogP contribution in [-0.2, 0) is 27.3 Å². The second-order valence-corrected chi connectivity index (χ2v) is 10.5. The molecule has 0 radical (unpaired) electrons. The molecule has 0 atom stereocenters. The number of rotatable bonds is 8. The minimum absolute atomic E-state index is 0.00508. The first kappa shape index (κ1) is 26.5. The van der Waals surface area contributed by atoms with Gasteiger partial charge in [0.2, 0.25) is 5.91 Å². The summed E-state index contributed by atoms with van der Waals surface area (Å²) in [4.78, 5) is 37.2. The number of hydrogen-bond acceptors (Lipinski definition) is 4. The highest BCUT2D eigenvalue weighted by Crippen LogP contribution is 2.30. The lowest BCUT2D eigenvalue weighted by molar-refractivity contribution is -0.129. The molecule has 2 aromatic carbocycles. The van der Waals surface area contributed by atoms with Gasteiger partial charge in [-0.2, -0.15) is 0 Å². The van der Waals surface area contributed by atoms with E-state index >= 15 is 0 Å². The standard InChI is InChI=1S/C29H38N2O4/c1-20-5-7-22(8-6-20)19-30-27(33)24-14-12-23(13-15-24)26(32)18-11-21-9-16-25(17-10-21)31-28(34)35-29(2,3)4/h5-10,16-17,23-24H,11-15,18-19H2,1-4H3,(H,30,33)(H,31,34). The Bertz CT molecular complexity index is 998. The fourth-order valence-corrected chi connectivity index (χ4v) is 4.36. The molecule has 1 aliphatic carbocycles. The van der Waals surface area contributed by atoms with Crippen LogP contribution in [0.25, 0.3) is 0 Å². The molecule has 3 rings (SSSR count). The smallest absolute Gasteiger partial charge is 0.412 e. The maximum atomic E-state index is 12.8. The van der Waals surface area contributed by atoms with Crippen molar-refractivity contribution in [2.45, 2.75) is 78.4 Å². The van der Waals surface area contributed by atoms with Gasteiger partial charge in [0, 0.05) is 30.5 Å². The molecule has 1 aliphatic rings. The van der Waals surface area contributed by atoms with Crippen molar-refractivity contribution in [2.24, 2.45) is 11.8 Å². The van der Waals surface area contributed by atoms with Gasteiger partial charge in [0.1, 0.15) is 11.4 Å². The number of hydrogen-bond donors (Lipinski definition) is 2. The molecule has 0 saturated heterocycles. The van der Waals surface area contributed by atoms with E-state index in [1.807, 2.05) is 76.2 Å². The van der Waals surface area contributed by atoms with Crippen molar-refractivity contribution in [1.29, 1.82) is 0 Å². The number of carbonyl (C=O) groups is 3. The molecule has 0 aliphatic heterocycles. The van der Waals surface area contributed by atoms with E-state index in [1.165, 1.54) is 5.56 Å². The van der Waals surface area contributed by atoms with Gasteiger partial charge in [-0.1, -0.05) is 42.0 Å². The molecule has 6 nitrogen and oxygen atoms in total. The highest BCUT2D eigenvalue weighted by atomic mass is 16.6. The van der Waals surface area contributed by atoms with Crippen molar-refractivity contribution < 1.29 is 19.1 Å². The van der Waals surface area contributed by atoms with Crippen LogP contribution in [-0.4, -0.2) is 23.4 Å². The summed E-state index contributed by atoms with van der Waals surface area (Å²) < 4.78 is 5.26. The van der Waals surface area contributed by atoms with E-state index in [1.54, 1.807) is 0 Å². The van der Waals surface area contributed by atoms with Gasteiger partial charge in [0.15, 0.2) is 0 Å². The first-order valence-electron chi connectivity index (χ1n) is 12.5. The van der Waals surface area contributed by atoms with Crippen molar-refractivity contribution in [1.82, 2.24) is 5.32 Å². The predicted octanol–water partition coefficient (Wildman–Crippen LogP) is 5.97. The third-order valence-electron chi connectivity index (χ3n) is 6.40. The van der Waals surface area contributed by atoms with E-state index in [0.717, 1.165) is 36.8 Å². The Kier molecular flexibility index (Phi) is 9.07. The maximum Gasteiger partial charge on any atom is 0.412 e. The lowest BCUT2D eigenvalue weighted by Crippen LogP contribution is -2.34. The second kappa shape index (κ2) is 12.0. The van der Waals surface area contributed by atoms with E-state index in [4.69, 9.17) is 4.74 Å². The Morgan fingerprint density at radius 1 is 0.857 bits per heavy atom. The molecule has 0 aromatic heterocycles. The van der Waals surface area contributed by atoms with Crippen LogP contribution >= 0.6 is 0 Å². The van der Waals surface area contributed by atoms with Crippen LogP contribution in [0, 0.1) is 18.8 Å². The fraction of sp³-hybridized carbons (Fsp3) is 0.483. The number of anilines is 1. The van der Waals surface area contributed by atoms with Crippen molar-refractivity contribution in [3.8, 4) is 0 Å². The molecule has 2 N–H and O–H groups in total. The summed E-state index contributed by atoms with van der Waals surface area (Å²) in [5.41, 5.74) is 3.47. The second-order valence-electron chi connectivity index (χ2n) is 10.5. The van der Waals surface area contributed by atoms with E-state index in [2.05, 4.69) is 10.6 Å². The molecule has 0 bridgehead atoms. The number of benzene rings is 2. The Balaban J connectivity index is 1.37. The molecule has 2 aromatic rings. The van der Waals surface area contributed by atoms with Gasteiger partial charge in [-0.05, 0) is 83.1 Å². The van der Waals surface area contributed by atoms with Gasteiger partial charge < -0.3 is 10.1 Å². The van der Waals surface area contributed by atoms with Gasteiger partial charge in [-0.3, -0.25) is 14.9 Å². The number of ether oxygens (including phenoxy) is 1. The van der Waals surface area contributed by atoms with Crippen molar-refractivity contribution >= 4 is 23.5 Å². The molecule has 6 heteroatoms. The predicted molar refractivity (Wildman–Crippen MR) is 138 cm³/mol. The largest absolute Gasteiger partial charge is 0.444 e. The molecule has 1 saturated carbocycles. The number of carbonyl (C=O) groups excluding carboxylic acids is 3. The number of Topliss-reactive ketones (excluding diaryl/α,β-unsaturated/α-hetero) is 1. The van der Waals surface area contributed by atoms with E-state index in [9.17, 15) is 14.4 Å². The topological polar surface area (TPSA) is 84.5 Å². The van der Waals surface area contributed by atoms with Crippen LogP contribution in [0.4, 0.5) is 10.5 Å². The molecule has 188 valence electrons. The van der Waals surface area contributed by atoms with Gasteiger partial charge in [0.05, 0.1) is 0 Å². The lowest BCUT2D eigenvalue weighted by Gasteiger charge is -2.27. The normalized spacial score (nSPS) is 17.9. The highest BCUT2D eigenvalue weighted by Gasteiger charge is 2.29. The number of aryl methyl sites for hydroxylation is 2. The van der Waals surface area contributed by atoms with Gasteiger partial charge in [0.25, 0.3) is 0 Å². The summed E-state index contributed by atoms with van der Waals surface area (Å²) in [5.74, 6) is 0.412. The molecule has 2 amide bonds. The van der Waals surface area contributed by atoms with Crippen LogP contribution in [0.5, 0.6) is 0 Å². The third kappa shape index (κ3) is 8.85. The zero-order valence-corrected chi connectivity index (χ0v) is 21.4. The molecule has 0 heterocycles. The number of nitrogens with one attached hydrogen (secondary N) is 2. The van der Waals surface area contributed by atoms with Crippen molar-refractivity contribution in [3.63, 3.8) is 0 Å². The van der Waals surface area contributed by atoms with Gasteiger partial charge in [-0.15, -0.1) is 0 Å². The molecule has 0 spiro atoms. The first-order valence-corrected chi connectivity index (χ1v) is 12.5. The summed E-state index contributed by atoms with van der Waals surface area (Å²) in [6.07, 6.45) is 3.76. The Morgan fingerprint density at radius 2 is 1.43 bits per heavy atom. The van der Waals surface area contributed by atoms with E-state index in [-0.39, 0.29) is 23.5 Å². The van der Waals surface area contributed by atoms with Crippen LogP contribution in [0.15, 0.2) is 48.5 Å². The SMILES string of the molecule is Cc1ccc(CNC(=O)C2CCC(C(=O)CCc3ccc(NC(=O)OC(C)(C)C)cc3)CC2)cc1. The van der Waals surface area contributed by atoms with Crippen molar-refractivity contribution in [2.75, 3.05) is 5.32 Å². The number of ketones is 1.